The SMILES string of the molecule is CCCC(=O)N1CCN(c2ccc(NC(=S)NC(=O)c3ccc(OC)cc3OC)cc2Cl)CC1. The molecule has 0 unspecified atom stereocenters. The van der Waals surface area contributed by atoms with Crippen molar-refractivity contribution in [3.05, 3.63) is 47.0 Å². The molecule has 1 heterocycles. The molecule has 0 aliphatic carbocycles. The zero-order valence-corrected chi connectivity index (χ0v) is 21.1. The van der Waals surface area contributed by atoms with Crippen molar-refractivity contribution in [2.75, 3.05) is 50.6 Å². The lowest BCUT2D eigenvalue weighted by molar-refractivity contribution is -0.131. The Morgan fingerprint density at radius 3 is 2.41 bits per heavy atom. The number of piperazine rings is 1. The van der Waals surface area contributed by atoms with Crippen molar-refractivity contribution in [1.82, 2.24) is 10.2 Å². The molecule has 2 aromatic rings. The molecule has 0 radical (unpaired) electrons. The molecule has 0 saturated carbocycles. The Bertz CT molecular complexity index is 1060. The van der Waals surface area contributed by atoms with Crippen LogP contribution in [0.4, 0.5) is 11.4 Å². The number of thiocarbonyl (C=S) groups is 1. The minimum atomic E-state index is -0.407. The van der Waals surface area contributed by atoms with Crippen LogP contribution in [0.15, 0.2) is 36.4 Å². The van der Waals surface area contributed by atoms with Gasteiger partial charge in [-0.25, -0.2) is 0 Å². The Hall–Kier alpha value is -3.04. The molecule has 10 heteroatoms. The second-order valence-electron chi connectivity index (χ2n) is 7.76. The monoisotopic (exact) mass is 504 g/mol. The Balaban J connectivity index is 1.59. The summed E-state index contributed by atoms with van der Waals surface area (Å²) in [7, 11) is 3.02. The highest BCUT2D eigenvalue weighted by atomic mass is 35.5. The molecule has 1 aliphatic rings. The maximum absolute atomic E-state index is 12.6. The van der Waals surface area contributed by atoms with Crippen molar-refractivity contribution >= 4 is 52.1 Å². The molecule has 2 N–H and O–H groups in total. The fourth-order valence-corrected chi connectivity index (χ4v) is 4.24. The van der Waals surface area contributed by atoms with E-state index in [2.05, 4.69) is 15.5 Å². The molecule has 1 aliphatic heterocycles. The number of amides is 2. The summed E-state index contributed by atoms with van der Waals surface area (Å²) in [5.41, 5.74) is 1.88. The minimum absolute atomic E-state index is 0.134. The van der Waals surface area contributed by atoms with E-state index >= 15 is 0 Å². The number of carbonyl (C=O) groups is 2. The number of carbonyl (C=O) groups excluding carboxylic acids is 2. The number of hydrogen-bond donors (Lipinski definition) is 2. The average molecular weight is 505 g/mol. The molecule has 0 atom stereocenters. The summed E-state index contributed by atoms with van der Waals surface area (Å²) in [4.78, 5) is 28.8. The van der Waals surface area contributed by atoms with Crippen LogP contribution in [0.2, 0.25) is 5.02 Å². The minimum Gasteiger partial charge on any atom is -0.497 e. The van der Waals surface area contributed by atoms with Crippen LogP contribution in [0.1, 0.15) is 30.1 Å². The molecule has 182 valence electrons. The predicted octanol–water partition coefficient (Wildman–Crippen LogP) is 3.93. The fraction of sp³-hybridized carbons (Fsp3) is 0.375. The first kappa shape index (κ1) is 25.6. The smallest absolute Gasteiger partial charge is 0.261 e. The number of methoxy groups -OCH3 is 2. The quantitative estimate of drug-likeness (QED) is 0.553. The second-order valence-corrected chi connectivity index (χ2v) is 8.57. The molecule has 8 nitrogen and oxygen atoms in total. The van der Waals surface area contributed by atoms with E-state index in [0.717, 1.165) is 25.2 Å². The van der Waals surface area contributed by atoms with Gasteiger partial charge in [-0.1, -0.05) is 18.5 Å². The number of benzene rings is 2. The van der Waals surface area contributed by atoms with Crippen LogP contribution in [0.3, 0.4) is 0 Å². The first-order valence-electron chi connectivity index (χ1n) is 11.0. The topological polar surface area (TPSA) is 83.1 Å². The second kappa shape index (κ2) is 11.9. The van der Waals surface area contributed by atoms with Crippen molar-refractivity contribution < 1.29 is 19.1 Å². The van der Waals surface area contributed by atoms with Crippen molar-refractivity contribution in [2.45, 2.75) is 19.8 Å². The van der Waals surface area contributed by atoms with Crippen LogP contribution in [0.5, 0.6) is 11.5 Å². The number of anilines is 2. The van der Waals surface area contributed by atoms with Crippen LogP contribution in [0.25, 0.3) is 0 Å². The highest BCUT2D eigenvalue weighted by Gasteiger charge is 2.22. The van der Waals surface area contributed by atoms with Crippen LogP contribution in [-0.4, -0.2) is 62.2 Å². The number of nitrogens with zero attached hydrogens (tertiary/aromatic N) is 2. The van der Waals surface area contributed by atoms with Gasteiger partial charge in [-0.05, 0) is 49.0 Å². The molecule has 0 bridgehead atoms. The molecule has 1 fully saturated rings. The maximum atomic E-state index is 12.6. The molecule has 2 amide bonds. The molecule has 0 spiro atoms. The highest BCUT2D eigenvalue weighted by Crippen LogP contribution is 2.30. The van der Waals surface area contributed by atoms with Gasteiger partial charge in [0.05, 0.1) is 30.5 Å². The summed E-state index contributed by atoms with van der Waals surface area (Å²) in [5, 5.41) is 6.33. The first-order valence-corrected chi connectivity index (χ1v) is 11.8. The van der Waals surface area contributed by atoms with E-state index < -0.39 is 5.91 Å². The largest absolute Gasteiger partial charge is 0.497 e. The molecule has 0 aromatic heterocycles. The summed E-state index contributed by atoms with van der Waals surface area (Å²) in [6, 6.07) is 10.4. The van der Waals surface area contributed by atoms with Gasteiger partial charge < -0.3 is 24.6 Å². The number of nitrogens with one attached hydrogen (secondary N) is 2. The van der Waals surface area contributed by atoms with E-state index in [4.69, 9.17) is 33.3 Å². The first-order chi connectivity index (χ1) is 16.4. The third kappa shape index (κ3) is 6.30. The van der Waals surface area contributed by atoms with E-state index in [0.29, 0.717) is 47.3 Å². The predicted molar refractivity (Wildman–Crippen MR) is 138 cm³/mol. The Morgan fingerprint density at radius 1 is 1.06 bits per heavy atom. The van der Waals surface area contributed by atoms with Crippen molar-refractivity contribution in [1.29, 1.82) is 0 Å². The zero-order valence-electron chi connectivity index (χ0n) is 19.5. The van der Waals surface area contributed by atoms with Crippen molar-refractivity contribution in [2.24, 2.45) is 0 Å². The van der Waals surface area contributed by atoms with Crippen molar-refractivity contribution in [3.8, 4) is 11.5 Å². The van der Waals surface area contributed by atoms with Gasteiger partial charge >= 0.3 is 0 Å². The number of halogens is 1. The van der Waals surface area contributed by atoms with E-state index in [1.807, 2.05) is 24.0 Å². The van der Waals surface area contributed by atoms with E-state index in [1.165, 1.54) is 7.11 Å². The lowest BCUT2D eigenvalue weighted by Crippen LogP contribution is -2.48. The molecular weight excluding hydrogens is 476 g/mol. The molecule has 1 saturated heterocycles. The van der Waals surface area contributed by atoms with Crippen LogP contribution in [0, 0.1) is 0 Å². The fourth-order valence-electron chi connectivity index (χ4n) is 3.73. The van der Waals surface area contributed by atoms with Gasteiger partial charge in [0.1, 0.15) is 11.5 Å². The Kier molecular flexibility index (Phi) is 8.95. The average Bonchev–Trinajstić information content (AvgIpc) is 2.83. The Labute approximate surface area is 210 Å². The highest BCUT2D eigenvalue weighted by molar-refractivity contribution is 7.80. The molecule has 34 heavy (non-hydrogen) atoms. The third-order valence-electron chi connectivity index (χ3n) is 5.52. The van der Waals surface area contributed by atoms with Crippen LogP contribution < -0.4 is 25.0 Å². The number of ether oxygens (including phenoxy) is 2. The van der Waals surface area contributed by atoms with Gasteiger partial charge in [0.2, 0.25) is 5.91 Å². The zero-order chi connectivity index (χ0) is 24.7. The Morgan fingerprint density at radius 2 is 1.79 bits per heavy atom. The summed E-state index contributed by atoms with van der Waals surface area (Å²) < 4.78 is 10.4. The van der Waals surface area contributed by atoms with E-state index in [9.17, 15) is 9.59 Å². The summed E-state index contributed by atoms with van der Waals surface area (Å²) in [6.07, 6.45) is 1.44. The summed E-state index contributed by atoms with van der Waals surface area (Å²) in [6.45, 7) is 4.82. The van der Waals surface area contributed by atoms with Gasteiger partial charge in [-0.2, -0.15) is 0 Å². The number of rotatable bonds is 7. The van der Waals surface area contributed by atoms with Gasteiger partial charge in [0.15, 0.2) is 5.11 Å². The van der Waals surface area contributed by atoms with E-state index in [1.54, 1.807) is 31.4 Å². The third-order valence-corrected chi connectivity index (χ3v) is 6.03. The molecular formula is C24H29ClN4O4S. The summed E-state index contributed by atoms with van der Waals surface area (Å²) in [5.74, 6) is 0.757. The van der Waals surface area contributed by atoms with Gasteiger partial charge in [-0.15, -0.1) is 0 Å². The van der Waals surface area contributed by atoms with E-state index in [-0.39, 0.29) is 11.0 Å². The number of hydrogen-bond acceptors (Lipinski definition) is 6. The van der Waals surface area contributed by atoms with Gasteiger partial charge in [0, 0.05) is 44.4 Å². The van der Waals surface area contributed by atoms with Crippen LogP contribution >= 0.6 is 23.8 Å². The molecule has 2 aromatic carbocycles. The standard InChI is InChI=1S/C24H29ClN4O4S/c1-4-5-22(30)29-12-10-28(11-13-29)20-9-6-16(14-19(20)25)26-24(34)27-23(31)18-8-7-17(32-2)15-21(18)33-3/h6-9,14-15H,4-5,10-13H2,1-3H3,(H2,26,27,31,34). The lowest BCUT2D eigenvalue weighted by Gasteiger charge is -2.36. The van der Waals surface area contributed by atoms with Gasteiger partial charge in [-0.3, -0.25) is 14.9 Å². The molecule has 3 rings (SSSR count). The van der Waals surface area contributed by atoms with Crippen LogP contribution in [-0.2, 0) is 4.79 Å². The normalized spacial score (nSPS) is 13.3. The van der Waals surface area contributed by atoms with Crippen molar-refractivity contribution in [3.63, 3.8) is 0 Å². The summed E-state index contributed by atoms with van der Waals surface area (Å²) >= 11 is 11.8. The maximum Gasteiger partial charge on any atom is 0.261 e. The lowest BCUT2D eigenvalue weighted by atomic mass is 10.2. The van der Waals surface area contributed by atoms with Gasteiger partial charge in [0.25, 0.3) is 5.91 Å².